The van der Waals surface area contributed by atoms with E-state index in [0.717, 1.165) is 0 Å². The molecule has 3 nitrogen and oxygen atoms in total. The van der Waals surface area contributed by atoms with Crippen LogP contribution in [-0.2, 0) is 0 Å². The van der Waals surface area contributed by atoms with Crippen LogP contribution in [0.25, 0.3) is 0 Å². The van der Waals surface area contributed by atoms with Crippen molar-refractivity contribution in [1.29, 1.82) is 5.26 Å². The van der Waals surface area contributed by atoms with Gasteiger partial charge in [-0.15, -0.1) is 0 Å². The molecule has 0 saturated heterocycles. The average molecular weight is 183 g/mol. The van der Waals surface area contributed by atoms with Gasteiger partial charge in [0, 0.05) is 0 Å². The zero-order valence-corrected chi connectivity index (χ0v) is 6.21. The number of carboxylic acid groups (broad SMARTS) is 1. The minimum Gasteiger partial charge on any atom is -0.478 e. The Balaban J connectivity index is 3.39. The summed E-state index contributed by atoms with van der Waals surface area (Å²) in [5, 5.41) is 16.6. The second-order valence-corrected chi connectivity index (χ2v) is 2.23. The van der Waals surface area contributed by atoms with Crippen molar-refractivity contribution < 1.29 is 18.7 Å². The van der Waals surface area contributed by atoms with Gasteiger partial charge in [0.1, 0.15) is 17.7 Å². The second-order valence-electron chi connectivity index (χ2n) is 2.23. The molecule has 66 valence electrons. The van der Waals surface area contributed by atoms with Gasteiger partial charge in [-0.05, 0) is 12.1 Å². The molecule has 0 aliphatic rings. The second kappa shape index (κ2) is 3.19. The number of nitriles is 1. The van der Waals surface area contributed by atoms with Gasteiger partial charge in [0.25, 0.3) is 0 Å². The summed E-state index contributed by atoms with van der Waals surface area (Å²) >= 11 is 0. The molecule has 1 aromatic rings. The predicted molar refractivity (Wildman–Crippen MR) is 38.0 cm³/mol. The molecular formula is C8H3F2NO2. The van der Waals surface area contributed by atoms with Crippen LogP contribution in [0.15, 0.2) is 12.1 Å². The topological polar surface area (TPSA) is 61.1 Å². The highest BCUT2D eigenvalue weighted by atomic mass is 19.1. The Bertz CT molecular complexity index is 409. The van der Waals surface area contributed by atoms with E-state index in [9.17, 15) is 13.6 Å². The highest BCUT2D eigenvalue weighted by Gasteiger charge is 2.14. The molecule has 5 heteroatoms. The summed E-state index contributed by atoms with van der Waals surface area (Å²) in [6.45, 7) is 0. The first-order chi connectivity index (χ1) is 6.06. The number of halogens is 2. The van der Waals surface area contributed by atoms with Gasteiger partial charge in [-0.25, -0.2) is 13.6 Å². The van der Waals surface area contributed by atoms with Crippen LogP contribution in [0.3, 0.4) is 0 Å². The lowest BCUT2D eigenvalue weighted by Gasteiger charge is -1.98. The highest BCUT2D eigenvalue weighted by Crippen LogP contribution is 2.13. The van der Waals surface area contributed by atoms with Gasteiger partial charge in [0.05, 0.1) is 11.1 Å². The molecule has 0 heterocycles. The maximum Gasteiger partial charge on any atom is 0.338 e. The lowest BCUT2D eigenvalue weighted by Crippen LogP contribution is -2.02. The molecular weight excluding hydrogens is 180 g/mol. The molecule has 0 aromatic heterocycles. The molecule has 0 atom stereocenters. The predicted octanol–water partition coefficient (Wildman–Crippen LogP) is 1.53. The Kier molecular flexibility index (Phi) is 2.24. The van der Waals surface area contributed by atoms with Crippen LogP contribution in [0.1, 0.15) is 15.9 Å². The van der Waals surface area contributed by atoms with Gasteiger partial charge < -0.3 is 5.11 Å². The fourth-order valence-corrected chi connectivity index (χ4v) is 0.796. The van der Waals surface area contributed by atoms with Crippen molar-refractivity contribution in [2.24, 2.45) is 0 Å². The van der Waals surface area contributed by atoms with E-state index in [4.69, 9.17) is 10.4 Å². The van der Waals surface area contributed by atoms with Crippen LogP contribution in [0.5, 0.6) is 0 Å². The van der Waals surface area contributed by atoms with E-state index in [1.54, 1.807) is 0 Å². The fourth-order valence-electron chi connectivity index (χ4n) is 0.796. The summed E-state index contributed by atoms with van der Waals surface area (Å²) in [6, 6.07) is 2.43. The van der Waals surface area contributed by atoms with E-state index in [1.165, 1.54) is 6.07 Å². The number of nitrogens with zero attached hydrogens (tertiary/aromatic N) is 1. The van der Waals surface area contributed by atoms with Crippen LogP contribution in [0, 0.1) is 23.0 Å². The van der Waals surface area contributed by atoms with E-state index in [-0.39, 0.29) is 0 Å². The van der Waals surface area contributed by atoms with E-state index in [0.29, 0.717) is 12.1 Å². The van der Waals surface area contributed by atoms with Crippen LogP contribution in [0.2, 0.25) is 0 Å². The first-order valence-corrected chi connectivity index (χ1v) is 3.18. The van der Waals surface area contributed by atoms with Crippen LogP contribution < -0.4 is 0 Å². The number of aromatic carboxylic acids is 1. The van der Waals surface area contributed by atoms with Crippen LogP contribution in [0.4, 0.5) is 8.78 Å². The van der Waals surface area contributed by atoms with Gasteiger partial charge in [-0.3, -0.25) is 0 Å². The van der Waals surface area contributed by atoms with Gasteiger partial charge in [-0.1, -0.05) is 0 Å². The van der Waals surface area contributed by atoms with Gasteiger partial charge >= 0.3 is 5.97 Å². The van der Waals surface area contributed by atoms with Crippen LogP contribution >= 0.6 is 0 Å². The van der Waals surface area contributed by atoms with Crippen molar-refractivity contribution in [1.82, 2.24) is 0 Å². The van der Waals surface area contributed by atoms with Crippen molar-refractivity contribution in [2.45, 2.75) is 0 Å². The van der Waals surface area contributed by atoms with E-state index in [1.807, 2.05) is 0 Å². The summed E-state index contributed by atoms with van der Waals surface area (Å²) in [4.78, 5) is 10.3. The molecule has 0 bridgehead atoms. The molecule has 0 unspecified atom stereocenters. The summed E-state index contributed by atoms with van der Waals surface area (Å²) in [7, 11) is 0. The minimum absolute atomic E-state index is 0.482. The third kappa shape index (κ3) is 1.62. The van der Waals surface area contributed by atoms with E-state index >= 15 is 0 Å². The molecule has 1 N–H and O–H groups in total. The lowest BCUT2D eigenvalue weighted by atomic mass is 10.1. The molecule has 1 rings (SSSR count). The summed E-state index contributed by atoms with van der Waals surface area (Å²) < 4.78 is 25.5. The van der Waals surface area contributed by atoms with Gasteiger partial charge in [0.2, 0.25) is 0 Å². The average Bonchev–Trinajstić information content (AvgIpc) is 2.07. The number of hydrogen-bond acceptors (Lipinski definition) is 2. The van der Waals surface area contributed by atoms with Crippen molar-refractivity contribution in [2.75, 3.05) is 0 Å². The lowest BCUT2D eigenvalue weighted by molar-refractivity contribution is 0.0691. The molecule has 0 aliphatic carbocycles. The Morgan fingerprint density at radius 3 is 2.46 bits per heavy atom. The SMILES string of the molecule is N#Cc1cc(F)c(C(=O)O)cc1F. The Morgan fingerprint density at radius 2 is 2.00 bits per heavy atom. The fraction of sp³-hybridized carbons (Fsp3) is 0. The Hall–Kier alpha value is -1.96. The molecule has 0 saturated carbocycles. The number of rotatable bonds is 1. The quantitative estimate of drug-likeness (QED) is 0.718. The molecule has 13 heavy (non-hydrogen) atoms. The number of carbonyl (C=O) groups is 1. The number of hydrogen-bond donors (Lipinski definition) is 1. The Labute approximate surface area is 71.8 Å². The molecule has 0 spiro atoms. The van der Waals surface area contributed by atoms with Gasteiger partial charge in [-0.2, -0.15) is 5.26 Å². The zero-order chi connectivity index (χ0) is 10.0. The van der Waals surface area contributed by atoms with Crippen molar-refractivity contribution in [3.8, 4) is 6.07 Å². The third-order valence-electron chi connectivity index (χ3n) is 1.41. The Morgan fingerprint density at radius 1 is 1.38 bits per heavy atom. The first kappa shape index (κ1) is 9.13. The van der Waals surface area contributed by atoms with E-state index < -0.39 is 28.7 Å². The standard InChI is InChI=1S/C8H3F2NO2/c9-6-2-5(8(12)13)7(10)1-4(6)3-11/h1-2H,(H,12,13). The van der Waals surface area contributed by atoms with Crippen LogP contribution in [-0.4, -0.2) is 11.1 Å². The smallest absolute Gasteiger partial charge is 0.338 e. The first-order valence-electron chi connectivity index (χ1n) is 3.18. The van der Waals surface area contributed by atoms with Gasteiger partial charge in [0.15, 0.2) is 0 Å². The van der Waals surface area contributed by atoms with Crippen molar-refractivity contribution in [3.63, 3.8) is 0 Å². The largest absolute Gasteiger partial charge is 0.478 e. The third-order valence-corrected chi connectivity index (χ3v) is 1.41. The summed E-state index contributed by atoms with van der Waals surface area (Å²) in [5.41, 5.74) is -1.29. The number of carboxylic acids is 1. The molecule has 0 aliphatic heterocycles. The highest BCUT2D eigenvalue weighted by molar-refractivity contribution is 5.88. The minimum atomic E-state index is -1.57. The maximum absolute atomic E-state index is 12.8. The monoisotopic (exact) mass is 183 g/mol. The maximum atomic E-state index is 12.8. The number of benzene rings is 1. The van der Waals surface area contributed by atoms with Crippen molar-refractivity contribution in [3.05, 3.63) is 34.9 Å². The summed E-state index contributed by atoms with van der Waals surface area (Å²) in [6.07, 6.45) is 0. The van der Waals surface area contributed by atoms with Crippen molar-refractivity contribution >= 4 is 5.97 Å². The molecule has 0 fully saturated rings. The molecule has 0 radical (unpaired) electrons. The normalized spacial score (nSPS) is 9.31. The zero-order valence-electron chi connectivity index (χ0n) is 6.21. The molecule has 0 amide bonds. The summed E-state index contributed by atoms with van der Waals surface area (Å²) in [5.74, 6) is -3.73. The van der Waals surface area contributed by atoms with E-state index in [2.05, 4.69) is 0 Å². The molecule has 1 aromatic carbocycles.